The summed E-state index contributed by atoms with van der Waals surface area (Å²) in [6.45, 7) is 1.65. The van der Waals surface area contributed by atoms with Crippen LogP contribution in [0.5, 0.6) is 0 Å². The third-order valence-electron chi connectivity index (χ3n) is 7.96. The molecule has 8 nitrogen and oxygen atoms in total. The van der Waals surface area contributed by atoms with Crippen molar-refractivity contribution in [1.82, 2.24) is 10.8 Å². The Kier molecular flexibility index (Phi) is 6.81. The van der Waals surface area contributed by atoms with Gasteiger partial charge in [0.1, 0.15) is 0 Å². The summed E-state index contributed by atoms with van der Waals surface area (Å²) in [6.07, 6.45) is 7.20. The predicted molar refractivity (Wildman–Crippen MR) is 121 cm³/mol. The maximum Gasteiger partial charge on any atom is 0.265 e. The fourth-order valence-corrected chi connectivity index (χ4v) is 8.02. The number of benzene rings is 1. The van der Waals surface area contributed by atoms with Crippen LogP contribution < -0.4 is 16.1 Å². The SMILES string of the molecule is COC1CCC(Nc2ccc(S(=O)(=O)C3(C(=O)NO)CCC4(CCNCC4)C3)cc2)CC1. The highest BCUT2D eigenvalue weighted by atomic mass is 32.2. The number of sulfone groups is 1. The van der Waals surface area contributed by atoms with E-state index in [1.54, 1.807) is 36.9 Å². The number of ether oxygens (including phenoxy) is 1. The Bertz CT molecular complexity index is 906. The Morgan fingerprint density at radius 1 is 1.06 bits per heavy atom. The number of methoxy groups -OCH3 is 1. The van der Waals surface area contributed by atoms with Gasteiger partial charge in [-0.25, -0.2) is 13.9 Å². The molecule has 0 bridgehead atoms. The first kappa shape index (κ1) is 23.5. The smallest absolute Gasteiger partial charge is 0.265 e. The number of rotatable bonds is 6. The topological polar surface area (TPSA) is 117 Å². The summed E-state index contributed by atoms with van der Waals surface area (Å²) < 4.78 is 31.3. The van der Waals surface area contributed by atoms with Crippen molar-refractivity contribution < 1.29 is 23.2 Å². The fourth-order valence-electron chi connectivity index (χ4n) is 5.92. The molecule has 0 radical (unpaired) electrons. The highest BCUT2D eigenvalue weighted by molar-refractivity contribution is 7.93. The van der Waals surface area contributed by atoms with Crippen molar-refractivity contribution in [1.29, 1.82) is 0 Å². The van der Waals surface area contributed by atoms with Gasteiger partial charge in [0, 0.05) is 18.8 Å². The van der Waals surface area contributed by atoms with E-state index < -0.39 is 20.5 Å². The Hall–Kier alpha value is -1.68. The van der Waals surface area contributed by atoms with Gasteiger partial charge in [-0.2, -0.15) is 0 Å². The summed E-state index contributed by atoms with van der Waals surface area (Å²) in [6, 6.07) is 7.05. The van der Waals surface area contributed by atoms with Crippen LogP contribution in [0.25, 0.3) is 0 Å². The molecule has 2 saturated carbocycles. The van der Waals surface area contributed by atoms with Gasteiger partial charge in [0.15, 0.2) is 14.6 Å². The number of piperidine rings is 1. The molecule has 4 N–H and O–H groups in total. The van der Waals surface area contributed by atoms with Crippen molar-refractivity contribution in [2.75, 3.05) is 25.5 Å². The van der Waals surface area contributed by atoms with Crippen LogP contribution in [0.15, 0.2) is 29.2 Å². The number of nitrogens with one attached hydrogen (secondary N) is 3. The standard InChI is InChI=1S/C23H35N3O5S/c1-31-19-6-2-17(3-7-19)25-18-4-8-20(9-5-18)32(29,30)23(21(27)26-28)11-10-22(16-23)12-14-24-15-13-22/h4-5,8-9,17,19,24-25,28H,2-3,6-7,10-16H2,1H3,(H,26,27). The van der Waals surface area contributed by atoms with Gasteiger partial charge in [0.2, 0.25) is 0 Å². The van der Waals surface area contributed by atoms with Gasteiger partial charge >= 0.3 is 0 Å². The van der Waals surface area contributed by atoms with Crippen LogP contribution in [0.1, 0.15) is 57.8 Å². The zero-order valence-corrected chi connectivity index (χ0v) is 19.5. The first-order valence-electron chi connectivity index (χ1n) is 11.6. The molecule has 1 aliphatic heterocycles. The maximum atomic E-state index is 13.7. The first-order chi connectivity index (χ1) is 15.3. The van der Waals surface area contributed by atoms with Crippen molar-refractivity contribution in [2.45, 2.75) is 79.6 Å². The maximum absolute atomic E-state index is 13.7. The molecule has 1 amide bonds. The number of carbonyl (C=O) groups is 1. The number of hydrogen-bond donors (Lipinski definition) is 4. The summed E-state index contributed by atoms with van der Waals surface area (Å²) in [5.74, 6) is -0.815. The van der Waals surface area contributed by atoms with Gasteiger partial charge in [-0.15, -0.1) is 0 Å². The number of carbonyl (C=O) groups excluding carboxylic acids is 1. The van der Waals surface area contributed by atoms with Gasteiger partial charge in [-0.1, -0.05) is 0 Å². The second kappa shape index (κ2) is 9.29. The van der Waals surface area contributed by atoms with E-state index in [0.717, 1.165) is 57.3 Å². The molecule has 2 aliphatic carbocycles. The van der Waals surface area contributed by atoms with Crippen LogP contribution >= 0.6 is 0 Å². The Balaban J connectivity index is 1.52. The summed E-state index contributed by atoms with van der Waals surface area (Å²) in [5, 5.41) is 16.2. The fraction of sp³-hybridized carbons (Fsp3) is 0.696. The summed E-state index contributed by atoms with van der Waals surface area (Å²) in [7, 11) is -2.24. The van der Waals surface area contributed by atoms with E-state index in [1.165, 1.54) is 0 Å². The summed E-state index contributed by atoms with van der Waals surface area (Å²) in [4.78, 5) is 12.9. The predicted octanol–water partition coefficient (Wildman–Crippen LogP) is 2.63. The number of hydrogen-bond acceptors (Lipinski definition) is 7. The molecule has 1 spiro atoms. The van der Waals surface area contributed by atoms with Crippen molar-refractivity contribution >= 4 is 21.4 Å². The van der Waals surface area contributed by atoms with Crippen molar-refractivity contribution in [2.24, 2.45) is 5.41 Å². The Labute approximate surface area is 190 Å². The molecular weight excluding hydrogens is 430 g/mol. The van der Waals surface area contributed by atoms with Gasteiger partial charge in [0.05, 0.1) is 11.0 Å². The normalized spacial score (nSPS) is 30.2. The van der Waals surface area contributed by atoms with E-state index >= 15 is 0 Å². The lowest BCUT2D eigenvalue weighted by Gasteiger charge is -2.36. The molecule has 1 atom stereocenters. The van der Waals surface area contributed by atoms with E-state index in [2.05, 4.69) is 10.6 Å². The molecule has 178 valence electrons. The first-order valence-corrected chi connectivity index (χ1v) is 13.1. The molecule has 0 aromatic heterocycles. The highest BCUT2D eigenvalue weighted by Crippen LogP contribution is 2.54. The van der Waals surface area contributed by atoms with Crippen LogP contribution in [-0.2, 0) is 19.4 Å². The van der Waals surface area contributed by atoms with Crippen LogP contribution in [-0.4, -0.2) is 56.6 Å². The minimum absolute atomic E-state index is 0.126. The summed E-state index contributed by atoms with van der Waals surface area (Å²) >= 11 is 0. The lowest BCUT2D eigenvalue weighted by molar-refractivity contribution is -0.132. The molecular formula is C23H35N3O5S. The molecule has 1 saturated heterocycles. The molecule has 4 rings (SSSR count). The molecule has 1 unspecified atom stereocenters. The molecule has 1 heterocycles. The van der Waals surface area contributed by atoms with Gasteiger partial charge in [-0.05, 0) is 101 Å². The zero-order chi connectivity index (χ0) is 22.8. The molecule has 3 fully saturated rings. The largest absolute Gasteiger partial charge is 0.382 e. The van der Waals surface area contributed by atoms with Crippen molar-refractivity contribution in [3.05, 3.63) is 24.3 Å². The van der Waals surface area contributed by atoms with Crippen LogP contribution in [0.2, 0.25) is 0 Å². The van der Waals surface area contributed by atoms with Gasteiger partial charge in [-0.3, -0.25) is 10.0 Å². The minimum atomic E-state index is -3.98. The minimum Gasteiger partial charge on any atom is -0.382 e. The molecule has 1 aromatic carbocycles. The second-order valence-electron chi connectivity index (χ2n) is 9.74. The highest BCUT2D eigenvalue weighted by Gasteiger charge is 2.60. The third kappa shape index (κ3) is 4.27. The van der Waals surface area contributed by atoms with Crippen LogP contribution in [0, 0.1) is 5.41 Å². The number of amides is 1. The zero-order valence-electron chi connectivity index (χ0n) is 18.7. The quantitative estimate of drug-likeness (QED) is 0.377. The lowest BCUT2D eigenvalue weighted by atomic mass is 9.77. The third-order valence-corrected chi connectivity index (χ3v) is 10.4. The molecule has 32 heavy (non-hydrogen) atoms. The van der Waals surface area contributed by atoms with Gasteiger partial charge < -0.3 is 15.4 Å². The second-order valence-corrected chi connectivity index (χ2v) is 12.0. The Morgan fingerprint density at radius 2 is 1.72 bits per heavy atom. The summed E-state index contributed by atoms with van der Waals surface area (Å²) in [5.41, 5.74) is 2.36. The number of hydroxylamine groups is 1. The monoisotopic (exact) mass is 465 g/mol. The molecule has 1 aromatic rings. The number of anilines is 1. The van der Waals surface area contributed by atoms with E-state index in [0.29, 0.717) is 18.6 Å². The van der Waals surface area contributed by atoms with Crippen LogP contribution in [0.4, 0.5) is 5.69 Å². The average molecular weight is 466 g/mol. The van der Waals surface area contributed by atoms with Crippen LogP contribution in [0.3, 0.4) is 0 Å². The van der Waals surface area contributed by atoms with E-state index in [9.17, 15) is 18.4 Å². The molecule has 9 heteroatoms. The molecule has 3 aliphatic rings. The van der Waals surface area contributed by atoms with E-state index in [1.807, 2.05) is 0 Å². The average Bonchev–Trinajstić information content (AvgIpc) is 3.20. The Morgan fingerprint density at radius 3 is 2.31 bits per heavy atom. The van der Waals surface area contributed by atoms with E-state index in [4.69, 9.17) is 4.74 Å². The lowest BCUT2D eigenvalue weighted by Crippen LogP contribution is -2.51. The van der Waals surface area contributed by atoms with Gasteiger partial charge in [0.25, 0.3) is 5.91 Å². The van der Waals surface area contributed by atoms with Crippen molar-refractivity contribution in [3.63, 3.8) is 0 Å². The van der Waals surface area contributed by atoms with E-state index in [-0.39, 0.29) is 23.2 Å². The van der Waals surface area contributed by atoms with Crippen molar-refractivity contribution in [3.8, 4) is 0 Å².